The third-order valence-electron chi connectivity index (χ3n) is 4.51. The molecule has 1 aliphatic rings. The largest absolute Gasteiger partial charge is 0.459 e. The minimum Gasteiger partial charge on any atom is -0.459 e. The monoisotopic (exact) mass is 377 g/mol. The molecule has 7 heteroatoms. The van der Waals surface area contributed by atoms with E-state index in [4.69, 9.17) is 10.2 Å². The van der Waals surface area contributed by atoms with E-state index < -0.39 is 0 Å². The number of nitrogens with one attached hydrogen (secondary N) is 2. The third kappa shape index (κ3) is 5.34. The summed E-state index contributed by atoms with van der Waals surface area (Å²) in [6.45, 7) is 0.469. The second kappa shape index (κ2) is 9.40. The maximum atomic E-state index is 12.2. The lowest BCUT2D eigenvalue weighted by atomic mass is 9.85. The van der Waals surface area contributed by atoms with Gasteiger partial charge in [0.15, 0.2) is 5.76 Å². The maximum Gasteiger partial charge on any atom is 0.291 e. The van der Waals surface area contributed by atoms with Crippen LogP contribution in [-0.2, 0) is 11.3 Å². The Morgan fingerprint density at radius 3 is 2.58 bits per heavy atom. The van der Waals surface area contributed by atoms with Gasteiger partial charge < -0.3 is 20.8 Å². The highest BCUT2D eigenvalue weighted by molar-refractivity contribution is 6.02. The molecule has 6 nitrogen and oxygen atoms in total. The second-order valence-electron chi connectivity index (χ2n) is 6.47. The number of benzene rings is 1. The fourth-order valence-electron chi connectivity index (χ4n) is 3.11. The minimum atomic E-state index is -0.292. The molecule has 2 atom stereocenters. The highest BCUT2D eigenvalue weighted by atomic mass is 35.5. The topological polar surface area (TPSA) is 97.4 Å². The Kier molecular flexibility index (Phi) is 7.24. The van der Waals surface area contributed by atoms with Crippen molar-refractivity contribution < 1.29 is 14.0 Å². The quantitative estimate of drug-likeness (QED) is 0.745. The lowest BCUT2D eigenvalue weighted by Gasteiger charge is -2.25. The zero-order valence-corrected chi connectivity index (χ0v) is 15.3. The lowest BCUT2D eigenvalue weighted by Crippen LogP contribution is -2.37. The van der Waals surface area contributed by atoms with E-state index in [0.29, 0.717) is 12.2 Å². The van der Waals surface area contributed by atoms with E-state index in [1.807, 2.05) is 12.1 Å². The summed E-state index contributed by atoms with van der Waals surface area (Å²) in [5.41, 5.74) is 7.59. The number of nitrogens with two attached hydrogens (primary N) is 1. The number of halogens is 1. The average Bonchev–Trinajstić information content (AvgIpc) is 3.16. The molecule has 1 aromatic heterocycles. The van der Waals surface area contributed by atoms with E-state index in [1.54, 1.807) is 24.3 Å². The van der Waals surface area contributed by atoms with Gasteiger partial charge in [0.2, 0.25) is 5.91 Å². The first kappa shape index (κ1) is 20.0. The van der Waals surface area contributed by atoms with Gasteiger partial charge in [-0.2, -0.15) is 0 Å². The first-order chi connectivity index (χ1) is 12.1. The highest BCUT2D eigenvalue weighted by Gasteiger charge is 2.24. The summed E-state index contributed by atoms with van der Waals surface area (Å²) in [7, 11) is 0. The molecule has 2 aromatic rings. The van der Waals surface area contributed by atoms with Crippen molar-refractivity contribution >= 4 is 29.9 Å². The van der Waals surface area contributed by atoms with Gasteiger partial charge in [-0.1, -0.05) is 18.6 Å². The normalized spacial score (nSPS) is 19.3. The molecule has 1 fully saturated rings. The number of amides is 2. The smallest absolute Gasteiger partial charge is 0.291 e. The Hall–Kier alpha value is -2.31. The van der Waals surface area contributed by atoms with Gasteiger partial charge in [0.1, 0.15) is 0 Å². The first-order valence-corrected chi connectivity index (χ1v) is 8.59. The maximum absolute atomic E-state index is 12.2. The van der Waals surface area contributed by atoms with Crippen LogP contribution in [0.2, 0.25) is 0 Å². The number of anilines is 1. The van der Waals surface area contributed by atoms with Crippen molar-refractivity contribution in [3.63, 3.8) is 0 Å². The van der Waals surface area contributed by atoms with Gasteiger partial charge >= 0.3 is 0 Å². The van der Waals surface area contributed by atoms with Crippen LogP contribution in [0.1, 0.15) is 41.8 Å². The minimum absolute atomic E-state index is 0. The molecule has 0 spiro atoms. The summed E-state index contributed by atoms with van der Waals surface area (Å²) < 4.78 is 5.05. The summed E-state index contributed by atoms with van der Waals surface area (Å²) in [6, 6.07) is 10.8. The number of carbonyl (C=O) groups excluding carboxylic acids is 2. The molecule has 3 rings (SSSR count). The molecule has 0 saturated heterocycles. The van der Waals surface area contributed by atoms with Crippen molar-refractivity contribution in [2.45, 2.75) is 38.3 Å². The Labute approximate surface area is 158 Å². The Bertz CT molecular complexity index is 716. The predicted molar refractivity (Wildman–Crippen MR) is 102 cm³/mol. The number of hydrogen-bond acceptors (Lipinski definition) is 4. The summed E-state index contributed by atoms with van der Waals surface area (Å²) in [5, 5.41) is 5.73. The van der Waals surface area contributed by atoms with Crippen molar-refractivity contribution in [2.75, 3.05) is 5.32 Å². The molecular weight excluding hydrogens is 354 g/mol. The molecular formula is C19H24ClN3O3. The molecule has 2 unspecified atom stereocenters. The molecule has 26 heavy (non-hydrogen) atoms. The summed E-state index contributed by atoms with van der Waals surface area (Å²) in [4.78, 5) is 24.1. The molecule has 1 saturated carbocycles. The molecule has 2 amide bonds. The zero-order valence-electron chi connectivity index (χ0n) is 14.4. The summed E-state index contributed by atoms with van der Waals surface area (Å²) >= 11 is 0. The molecule has 140 valence electrons. The number of carbonyl (C=O) groups is 2. The molecule has 1 heterocycles. The van der Waals surface area contributed by atoms with Crippen LogP contribution in [0.15, 0.2) is 47.1 Å². The standard InChI is InChI=1S/C19H23N3O3.ClH/c20-15-4-1-3-14(11-15)18(23)21-12-13-6-8-16(9-7-13)22-19(24)17-5-2-10-25-17;/h2,5-10,14-15H,1,3-4,11-12,20H2,(H,21,23)(H,22,24);1H. The Morgan fingerprint density at radius 1 is 1.15 bits per heavy atom. The zero-order chi connectivity index (χ0) is 17.6. The van der Waals surface area contributed by atoms with Gasteiger partial charge in [-0.15, -0.1) is 12.4 Å². The Morgan fingerprint density at radius 2 is 1.92 bits per heavy atom. The lowest BCUT2D eigenvalue weighted by molar-refractivity contribution is -0.126. The van der Waals surface area contributed by atoms with Gasteiger partial charge in [-0.25, -0.2) is 0 Å². The number of furan rings is 1. The van der Waals surface area contributed by atoms with Crippen LogP contribution in [0.5, 0.6) is 0 Å². The van der Waals surface area contributed by atoms with Crippen LogP contribution in [0, 0.1) is 5.92 Å². The van der Waals surface area contributed by atoms with Gasteiger partial charge in [-0.05, 0) is 49.1 Å². The van der Waals surface area contributed by atoms with Crippen LogP contribution >= 0.6 is 12.4 Å². The molecule has 4 N–H and O–H groups in total. The SMILES string of the molecule is Cl.NC1CCCC(C(=O)NCc2ccc(NC(=O)c3ccco3)cc2)C1. The van der Waals surface area contributed by atoms with Gasteiger partial charge in [0.25, 0.3) is 5.91 Å². The van der Waals surface area contributed by atoms with Crippen LogP contribution in [0.3, 0.4) is 0 Å². The van der Waals surface area contributed by atoms with Crippen molar-refractivity contribution in [1.82, 2.24) is 5.32 Å². The number of rotatable bonds is 5. The van der Waals surface area contributed by atoms with E-state index in [1.165, 1.54) is 6.26 Å². The fraction of sp³-hybridized carbons (Fsp3) is 0.368. The van der Waals surface area contributed by atoms with E-state index in [2.05, 4.69) is 10.6 Å². The van der Waals surface area contributed by atoms with Crippen molar-refractivity contribution in [1.29, 1.82) is 0 Å². The fourth-order valence-corrected chi connectivity index (χ4v) is 3.11. The summed E-state index contributed by atoms with van der Waals surface area (Å²) in [5.74, 6) is 0.0719. The summed E-state index contributed by atoms with van der Waals surface area (Å²) in [6.07, 6.45) is 5.17. The van der Waals surface area contributed by atoms with Crippen LogP contribution < -0.4 is 16.4 Å². The third-order valence-corrected chi connectivity index (χ3v) is 4.51. The molecule has 0 radical (unpaired) electrons. The van der Waals surface area contributed by atoms with Crippen molar-refractivity contribution in [3.8, 4) is 0 Å². The predicted octanol–water partition coefficient (Wildman–Crippen LogP) is 3.09. The van der Waals surface area contributed by atoms with E-state index in [-0.39, 0.29) is 41.9 Å². The van der Waals surface area contributed by atoms with Crippen LogP contribution in [0.4, 0.5) is 5.69 Å². The first-order valence-electron chi connectivity index (χ1n) is 8.59. The number of hydrogen-bond donors (Lipinski definition) is 3. The van der Waals surface area contributed by atoms with Crippen LogP contribution in [0.25, 0.3) is 0 Å². The van der Waals surface area contributed by atoms with Crippen molar-refractivity contribution in [3.05, 3.63) is 54.0 Å². The highest BCUT2D eigenvalue weighted by Crippen LogP contribution is 2.23. The van der Waals surface area contributed by atoms with E-state index in [0.717, 1.165) is 31.2 Å². The van der Waals surface area contributed by atoms with Crippen LogP contribution in [-0.4, -0.2) is 17.9 Å². The second-order valence-corrected chi connectivity index (χ2v) is 6.47. The van der Waals surface area contributed by atoms with E-state index in [9.17, 15) is 9.59 Å². The molecule has 0 bridgehead atoms. The van der Waals surface area contributed by atoms with Gasteiger partial charge in [0, 0.05) is 24.2 Å². The average molecular weight is 378 g/mol. The molecule has 1 aromatic carbocycles. The molecule has 1 aliphatic carbocycles. The van der Waals surface area contributed by atoms with E-state index >= 15 is 0 Å². The van der Waals surface area contributed by atoms with Gasteiger partial charge in [-0.3, -0.25) is 9.59 Å². The van der Waals surface area contributed by atoms with Gasteiger partial charge in [0.05, 0.1) is 6.26 Å². The molecule has 0 aliphatic heterocycles. The van der Waals surface area contributed by atoms with Crippen molar-refractivity contribution in [2.24, 2.45) is 11.7 Å². The Balaban J connectivity index is 0.00000243.